The lowest BCUT2D eigenvalue weighted by Crippen LogP contribution is -2.46. The molecule has 2 heterocycles. The summed E-state index contributed by atoms with van der Waals surface area (Å²) in [4.78, 5) is 48.2. The number of hydrogen-bond acceptors (Lipinski definition) is 7. The first-order valence-corrected chi connectivity index (χ1v) is 8.42. The summed E-state index contributed by atoms with van der Waals surface area (Å²) in [5, 5.41) is 0. The topological polar surface area (TPSA) is 96.0 Å². The fraction of sp³-hybridized carbons (Fsp3) is 0.444. The molecule has 0 bridgehead atoms. The summed E-state index contributed by atoms with van der Waals surface area (Å²) in [7, 11) is 0. The molecule has 10 heteroatoms. The van der Waals surface area contributed by atoms with E-state index < -0.39 is 66.4 Å². The van der Waals surface area contributed by atoms with Gasteiger partial charge in [-0.2, -0.15) is 0 Å². The highest BCUT2D eigenvalue weighted by Gasteiger charge is 2.61. The van der Waals surface area contributed by atoms with E-state index in [4.69, 9.17) is 0 Å². The molecule has 1 aromatic rings. The fourth-order valence-corrected chi connectivity index (χ4v) is 4.34. The largest absolute Gasteiger partial charge is 0.522 e. The molecule has 0 aromatic heterocycles. The molecule has 0 N–H and O–H groups in total. The van der Waals surface area contributed by atoms with Crippen molar-refractivity contribution in [3.63, 3.8) is 0 Å². The van der Waals surface area contributed by atoms with Gasteiger partial charge in [0.05, 0.1) is 24.4 Å². The highest BCUT2D eigenvalue weighted by atomic mass is 19.4. The third-order valence-corrected chi connectivity index (χ3v) is 5.34. The van der Waals surface area contributed by atoms with Crippen LogP contribution in [0.5, 0.6) is 0 Å². The number of alkyl halides is 3. The second-order valence-electron chi connectivity index (χ2n) is 7.03. The quantitative estimate of drug-likeness (QED) is 0.554. The van der Waals surface area contributed by atoms with Gasteiger partial charge >= 0.3 is 30.2 Å². The molecule has 3 aliphatic rings. The van der Waals surface area contributed by atoms with Gasteiger partial charge in [-0.25, -0.2) is 0 Å². The Morgan fingerprint density at radius 3 is 2.29 bits per heavy atom. The zero-order valence-electron chi connectivity index (χ0n) is 14.3. The maximum Gasteiger partial charge on any atom is 0.522 e. The Morgan fingerprint density at radius 2 is 1.68 bits per heavy atom. The lowest BCUT2D eigenvalue weighted by Gasteiger charge is -2.40. The van der Waals surface area contributed by atoms with Gasteiger partial charge in [-0.1, -0.05) is 23.8 Å². The van der Waals surface area contributed by atoms with Crippen LogP contribution >= 0.6 is 0 Å². The summed E-state index contributed by atoms with van der Waals surface area (Å²) in [5.74, 6) is -9.44. The predicted octanol–water partition coefficient (Wildman–Crippen LogP) is 1.87. The van der Waals surface area contributed by atoms with Crippen molar-refractivity contribution in [2.75, 3.05) is 0 Å². The monoisotopic (exact) mass is 398 g/mol. The third kappa shape index (κ3) is 2.88. The number of fused-ring (bicyclic) bond motifs is 3. The van der Waals surface area contributed by atoms with Crippen LogP contribution in [0.25, 0.3) is 0 Å². The number of benzene rings is 1. The lowest BCUT2D eigenvalue weighted by molar-refractivity contribution is -0.351. The predicted molar refractivity (Wildman–Crippen MR) is 81.4 cm³/mol. The molecular weight excluding hydrogens is 385 g/mol. The first-order valence-electron chi connectivity index (χ1n) is 8.42. The van der Waals surface area contributed by atoms with Crippen molar-refractivity contribution in [2.24, 2.45) is 11.8 Å². The second kappa shape index (κ2) is 6.13. The van der Waals surface area contributed by atoms with Crippen LogP contribution in [-0.4, -0.2) is 36.3 Å². The van der Waals surface area contributed by atoms with E-state index in [2.05, 4.69) is 14.2 Å². The fourth-order valence-electron chi connectivity index (χ4n) is 4.34. The van der Waals surface area contributed by atoms with Crippen LogP contribution in [0.3, 0.4) is 0 Å². The molecule has 28 heavy (non-hydrogen) atoms. The van der Waals surface area contributed by atoms with E-state index in [1.807, 2.05) is 0 Å². The molecule has 5 unspecified atom stereocenters. The van der Waals surface area contributed by atoms with E-state index >= 15 is 0 Å². The number of halogens is 3. The molecular formula is C18H13F3O7. The average molecular weight is 398 g/mol. The molecule has 2 saturated heterocycles. The van der Waals surface area contributed by atoms with E-state index in [-0.39, 0.29) is 5.56 Å². The zero-order valence-corrected chi connectivity index (χ0v) is 14.3. The minimum Gasteiger partial charge on any atom is -0.393 e. The molecule has 0 saturated carbocycles. The van der Waals surface area contributed by atoms with Crippen LogP contribution in [0.2, 0.25) is 0 Å². The number of aryl methyl sites for hydroxylation is 1. The van der Waals surface area contributed by atoms with Gasteiger partial charge in [0.2, 0.25) is 0 Å². The molecule has 0 spiro atoms. The summed E-state index contributed by atoms with van der Waals surface area (Å²) in [6.45, 7) is 1.71. The number of ether oxygens (including phenoxy) is 3. The molecule has 1 aromatic carbocycles. The van der Waals surface area contributed by atoms with E-state index in [0.29, 0.717) is 11.1 Å². The summed E-state index contributed by atoms with van der Waals surface area (Å²) < 4.78 is 52.8. The van der Waals surface area contributed by atoms with Gasteiger partial charge in [0.1, 0.15) is 5.92 Å². The Hall–Kier alpha value is -2.75. The van der Waals surface area contributed by atoms with Crippen LogP contribution in [0.4, 0.5) is 13.2 Å². The van der Waals surface area contributed by atoms with E-state index in [0.717, 1.165) is 0 Å². The van der Waals surface area contributed by atoms with Crippen LogP contribution in [0.1, 0.15) is 34.9 Å². The highest BCUT2D eigenvalue weighted by molar-refractivity contribution is 6.01. The molecule has 0 amide bonds. The van der Waals surface area contributed by atoms with Gasteiger partial charge in [-0.15, -0.1) is 13.2 Å². The molecule has 1 aliphatic carbocycles. The number of rotatable bonds is 2. The maximum absolute atomic E-state index is 13.2. The van der Waals surface area contributed by atoms with Gasteiger partial charge in [0, 0.05) is 5.92 Å². The van der Waals surface area contributed by atoms with Crippen molar-refractivity contribution < 1.29 is 46.6 Å². The van der Waals surface area contributed by atoms with Crippen LogP contribution < -0.4 is 0 Å². The Bertz CT molecular complexity index is 907. The average Bonchev–Trinajstić information content (AvgIpc) is 3.05. The van der Waals surface area contributed by atoms with Crippen molar-refractivity contribution in [2.45, 2.75) is 37.6 Å². The normalized spacial score (nSPS) is 32.1. The van der Waals surface area contributed by atoms with E-state index in [1.165, 1.54) is 6.07 Å². The summed E-state index contributed by atoms with van der Waals surface area (Å²) in [6, 6.07) is 4.64. The Kier molecular flexibility index (Phi) is 4.07. The molecule has 2 aliphatic heterocycles. The van der Waals surface area contributed by atoms with Crippen molar-refractivity contribution in [3.05, 3.63) is 34.9 Å². The summed E-state index contributed by atoms with van der Waals surface area (Å²) >= 11 is 0. The Labute approximate surface area is 155 Å². The van der Waals surface area contributed by atoms with Crippen molar-refractivity contribution in [3.8, 4) is 0 Å². The third-order valence-electron chi connectivity index (χ3n) is 5.34. The Balaban J connectivity index is 1.92. The summed E-state index contributed by atoms with van der Waals surface area (Å²) in [5.41, 5.74) is 1.22. The Morgan fingerprint density at radius 1 is 0.964 bits per heavy atom. The van der Waals surface area contributed by atoms with Gasteiger partial charge in [-0.3, -0.25) is 23.9 Å². The molecule has 5 atom stereocenters. The van der Waals surface area contributed by atoms with E-state index in [1.54, 1.807) is 19.1 Å². The van der Waals surface area contributed by atoms with Crippen LogP contribution in [0.15, 0.2) is 18.2 Å². The molecule has 4 rings (SSSR count). The highest BCUT2D eigenvalue weighted by Crippen LogP contribution is 2.53. The molecule has 2 fully saturated rings. The minimum atomic E-state index is -5.14. The van der Waals surface area contributed by atoms with Crippen LogP contribution in [0, 0.1) is 18.8 Å². The van der Waals surface area contributed by atoms with Crippen LogP contribution in [-0.2, 0) is 33.4 Å². The number of carbonyl (C=O) groups is 4. The SMILES string of the molecule is Cc1ccc2c(c1)C1C(=O)OC(=O)C1C(OC(F)(F)F)C2C1CC(=O)OC1=O. The standard InChI is InChI=1S/C18H13F3O7/c1-6-2-3-7-8(4-6)12-13(17(25)27-16(12)24)14(28-18(19,20)21)11(7)9-5-10(22)26-15(9)23/h2-4,9,11-14H,5H2,1H3. The number of esters is 4. The lowest BCUT2D eigenvalue weighted by atomic mass is 9.65. The van der Waals surface area contributed by atoms with E-state index in [9.17, 15) is 32.3 Å². The van der Waals surface area contributed by atoms with Gasteiger partial charge in [0.25, 0.3) is 0 Å². The van der Waals surface area contributed by atoms with Crippen molar-refractivity contribution >= 4 is 23.9 Å². The van der Waals surface area contributed by atoms with Gasteiger partial charge < -0.3 is 9.47 Å². The van der Waals surface area contributed by atoms with Crippen molar-refractivity contribution in [1.29, 1.82) is 0 Å². The second-order valence-corrected chi connectivity index (χ2v) is 7.03. The molecule has 0 radical (unpaired) electrons. The molecule has 148 valence electrons. The maximum atomic E-state index is 13.2. The number of hydrogen-bond donors (Lipinski definition) is 0. The van der Waals surface area contributed by atoms with Gasteiger partial charge in [-0.05, 0) is 18.1 Å². The number of cyclic esters (lactones) is 4. The zero-order chi connectivity index (χ0) is 20.4. The van der Waals surface area contributed by atoms with Gasteiger partial charge in [0.15, 0.2) is 0 Å². The first kappa shape index (κ1) is 18.6. The van der Waals surface area contributed by atoms with Crippen molar-refractivity contribution in [1.82, 2.24) is 0 Å². The smallest absolute Gasteiger partial charge is 0.393 e. The number of carbonyl (C=O) groups excluding carboxylic acids is 4. The molecule has 7 nitrogen and oxygen atoms in total. The first-order chi connectivity index (χ1) is 13.1. The minimum absolute atomic E-state index is 0.226. The summed E-state index contributed by atoms with van der Waals surface area (Å²) in [6.07, 6.45) is -7.51.